The molecule has 1 aromatic carbocycles. The van der Waals surface area contributed by atoms with Gasteiger partial charge < -0.3 is 14.4 Å². The highest BCUT2D eigenvalue weighted by molar-refractivity contribution is 5.79. The van der Waals surface area contributed by atoms with Crippen LogP contribution in [0.25, 0.3) is 0 Å². The molecule has 2 saturated heterocycles. The number of benzene rings is 1. The maximum absolute atomic E-state index is 13.9. The molecule has 1 aromatic heterocycles. The van der Waals surface area contributed by atoms with Crippen LogP contribution >= 0.6 is 0 Å². The molecule has 2 aliphatic heterocycles. The molecule has 160 valence electrons. The Bertz CT molecular complexity index is 873. The molecule has 0 unspecified atom stereocenters. The van der Waals surface area contributed by atoms with Crippen LogP contribution in [0, 0.1) is 23.0 Å². The molecular formula is C22H25F2N3O3. The van der Waals surface area contributed by atoms with Gasteiger partial charge in [-0.3, -0.25) is 9.78 Å². The van der Waals surface area contributed by atoms with Gasteiger partial charge in [0.25, 0.3) is 0 Å². The number of carbonyl (C=O) groups excluding carboxylic acids is 1. The van der Waals surface area contributed by atoms with E-state index in [2.05, 4.69) is 9.97 Å². The average Bonchev–Trinajstić information content (AvgIpc) is 2.77. The number of carbonyl (C=O) groups is 1. The second kappa shape index (κ2) is 9.04. The molecule has 2 aliphatic rings. The van der Waals surface area contributed by atoms with Gasteiger partial charge in [0.2, 0.25) is 11.8 Å². The van der Waals surface area contributed by atoms with Crippen molar-refractivity contribution in [2.24, 2.45) is 11.3 Å². The molecule has 1 amide bonds. The van der Waals surface area contributed by atoms with Crippen LogP contribution in [0.2, 0.25) is 0 Å². The largest absolute Gasteiger partial charge is 0.476 e. The third-order valence-corrected chi connectivity index (χ3v) is 6.39. The molecular weight excluding hydrogens is 392 g/mol. The molecule has 30 heavy (non-hydrogen) atoms. The van der Waals surface area contributed by atoms with E-state index in [9.17, 15) is 13.6 Å². The number of aromatic nitrogens is 2. The average molecular weight is 417 g/mol. The summed E-state index contributed by atoms with van der Waals surface area (Å²) in [5.41, 5.74) is 0.142. The zero-order chi connectivity index (χ0) is 21.0. The number of hydrogen-bond acceptors (Lipinski definition) is 5. The Morgan fingerprint density at radius 2 is 2.07 bits per heavy atom. The van der Waals surface area contributed by atoms with Gasteiger partial charge in [-0.2, -0.15) is 0 Å². The fourth-order valence-corrected chi connectivity index (χ4v) is 4.47. The number of piperidine rings is 1. The lowest BCUT2D eigenvalue weighted by Gasteiger charge is -2.48. The highest BCUT2D eigenvalue weighted by Crippen LogP contribution is 2.45. The summed E-state index contributed by atoms with van der Waals surface area (Å²) in [5.74, 6) is -1.35. The van der Waals surface area contributed by atoms with Gasteiger partial charge in [-0.25, -0.2) is 13.8 Å². The summed E-state index contributed by atoms with van der Waals surface area (Å²) in [4.78, 5) is 22.6. The van der Waals surface area contributed by atoms with Gasteiger partial charge in [0.05, 0.1) is 25.8 Å². The van der Waals surface area contributed by atoms with Gasteiger partial charge in [0.15, 0.2) is 11.6 Å². The smallest absolute Gasteiger partial charge is 0.232 e. The minimum Gasteiger partial charge on any atom is -0.476 e. The first-order valence-corrected chi connectivity index (χ1v) is 10.2. The van der Waals surface area contributed by atoms with Crippen molar-refractivity contribution < 1.29 is 23.0 Å². The van der Waals surface area contributed by atoms with E-state index >= 15 is 0 Å². The Morgan fingerprint density at radius 1 is 1.23 bits per heavy atom. The molecule has 8 heteroatoms. The third kappa shape index (κ3) is 4.43. The van der Waals surface area contributed by atoms with E-state index in [1.165, 1.54) is 12.1 Å². The number of hydrogen-bond donors (Lipinski definition) is 0. The van der Waals surface area contributed by atoms with Gasteiger partial charge in [-0.1, -0.05) is 12.1 Å². The molecule has 0 N–H and O–H groups in total. The van der Waals surface area contributed by atoms with E-state index < -0.39 is 11.6 Å². The minimum atomic E-state index is -0.940. The zero-order valence-corrected chi connectivity index (χ0v) is 16.7. The monoisotopic (exact) mass is 417 g/mol. The van der Waals surface area contributed by atoms with E-state index in [1.54, 1.807) is 23.5 Å². The first kappa shape index (κ1) is 20.7. The number of ether oxygens (including phenoxy) is 2. The summed E-state index contributed by atoms with van der Waals surface area (Å²) in [5, 5.41) is 0. The predicted octanol–water partition coefficient (Wildman–Crippen LogP) is 3.02. The molecule has 0 aliphatic carbocycles. The highest BCUT2D eigenvalue weighted by atomic mass is 19.2. The number of rotatable bonds is 5. The summed E-state index contributed by atoms with van der Waals surface area (Å²) in [6.07, 6.45) is 7.24. The summed E-state index contributed by atoms with van der Waals surface area (Å²) in [6, 6.07) is 3.94. The van der Waals surface area contributed by atoms with E-state index in [0.717, 1.165) is 25.3 Å². The summed E-state index contributed by atoms with van der Waals surface area (Å²) < 4.78 is 38.9. The van der Waals surface area contributed by atoms with Gasteiger partial charge >= 0.3 is 0 Å². The second-order valence-corrected chi connectivity index (χ2v) is 8.01. The number of halogens is 2. The van der Waals surface area contributed by atoms with Gasteiger partial charge in [-0.15, -0.1) is 0 Å². The van der Waals surface area contributed by atoms with E-state index in [0.29, 0.717) is 38.8 Å². The lowest BCUT2D eigenvalue weighted by molar-refractivity contribution is -0.137. The number of amides is 1. The van der Waals surface area contributed by atoms with Crippen molar-refractivity contribution in [2.45, 2.75) is 25.7 Å². The maximum Gasteiger partial charge on any atom is 0.232 e. The fraction of sp³-hybridized carbons (Fsp3) is 0.500. The third-order valence-electron chi connectivity index (χ3n) is 6.39. The summed E-state index contributed by atoms with van der Waals surface area (Å²) in [7, 11) is 0. The predicted molar refractivity (Wildman–Crippen MR) is 105 cm³/mol. The molecule has 3 heterocycles. The summed E-state index contributed by atoms with van der Waals surface area (Å²) in [6.45, 7) is 2.99. The van der Waals surface area contributed by atoms with Crippen molar-refractivity contribution in [1.29, 1.82) is 0 Å². The zero-order valence-electron chi connectivity index (χ0n) is 16.7. The second-order valence-electron chi connectivity index (χ2n) is 8.01. The van der Waals surface area contributed by atoms with Crippen molar-refractivity contribution in [1.82, 2.24) is 14.9 Å². The lowest BCUT2D eigenvalue weighted by Crippen LogP contribution is -2.51. The Hall–Kier alpha value is -2.61. The quantitative estimate of drug-likeness (QED) is 0.748. The number of likely N-dealkylation sites (tertiary alicyclic amines) is 1. The van der Waals surface area contributed by atoms with Crippen molar-refractivity contribution in [3.05, 3.63) is 54.0 Å². The van der Waals surface area contributed by atoms with Crippen LogP contribution in [0.4, 0.5) is 8.78 Å². The topological polar surface area (TPSA) is 64.6 Å². The molecule has 0 radical (unpaired) electrons. The van der Waals surface area contributed by atoms with Crippen molar-refractivity contribution in [3.63, 3.8) is 0 Å². The Balaban J connectivity index is 1.36. The first-order valence-electron chi connectivity index (χ1n) is 10.2. The van der Waals surface area contributed by atoms with Crippen LogP contribution in [-0.2, 0) is 16.0 Å². The molecule has 1 spiro atoms. The van der Waals surface area contributed by atoms with Crippen molar-refractivity contribution in [2.75, 3.05) is 32.9 Å². The molecule has 2 aromatic rings. The summed E-state index contributed by atoms with van der Waals surface area (Å²) >= 11 is 0. The van der Waals surface area contributed by atoms with E-state index in [-0.39, 0.29) is 29.2 Å². The fourth-order valence-electron chi connectivity index (χ4n) is 4.47. The molecule has 1 atom stereocenters. The van der Waals surface area contributed by atoms with Crippen molar-refractivity contribution in [3.8, 4) is 5.88 Å². The maximum atomic E-state index is 13.9. The highest BCUT2D eigenvalue weighted by Gasteiger charge is 2.44. The van der Waals surface area contributed by atoms with Crippen LogP contribution in [0.15, 0.2) is 36.8 Å². The minimum absolute atomic E-state index is 0.0430. The molecule has 0 bridgehead atoms. The van der Waals surface area contributed by atoms with Gasteiger partial charge in [0.1, 0.15) is 0 Å². The SMILES string of the molecule is O=C(Cc1cccc(F)c1F)N1CCC2(CCOC[C@H]2COc2cnccn2)CC1. The van der Waals surface area contributed by atoms with E-state index in [1.807, 2.05) is 0 Å². The molecule has 2 fully saturated rings. The van der Waals surface area contributed by atoms with Crippen LogP contribution in [0.5, 0.6) is 5.88 Å². The van der Waals surface area contributed by atoms with Crippen LogP contribution < -0.4 is 4.74 Å². The Labute approximate surface area is 174 Å². The first-order chi connectivity index (χ1) is 14.6. The Morgan fingerprint density at radius 3 is 2.83 bits per heavy atom. The van der Waals surface area contributed by atoms with Crippen LogP contribution in [0.3, 0.4) is 0 Å². The number of nitrogens with zero attached hydrogens (tertiary/aromatic N) is 3. The normalized spacial score (nSPS) is 20.9. The molecule has 0 saturated carbocycles. The van der Waals surface area contributed by atoms with Gasteiger partial charge in [-0.05, 0) is 30.7 Å². The van der Waals surface area contributed by atoms with Crippen molar-refractivity contribution >= 4 is 5.91 Å². The van der Waals surface area contributed by atoms with Crippen LogP contribution in [0.1, 0.15) is 24.8 Å². The molecule has 6 nitrogen and oxygen atoms in total. The van der Waals surface area contributed by atoms with Gasteiger partial charge in [0, 0.05) is 43.6 Å². The van der Waals surface area contributed by atoms with Crippen LogP contribution in [-0.4, -0.2) is 53.7 Å². The van der Waals surface area contributed by atoms with E-state index in [4.69, 9.17) is 9.47 Å². The standard InChI is InChI=1S/C22H25F2N3O3/c23-18-3-1-2-16(21(18)24)12-20(28)27-9-4-22(5-10-27)6-11-29-14-17(22)15-30-19-13-25-7-8-26-19/h1-3,7-8,13,17H,4-6,9-12,14-15H2/t17-/m0/s1. The Kier molecular flexibility index (Phi) is 6.22. The molecule has 4 rings (SSSR count). The lowest BCUT2D eigenvalue weighted by atomic mass is 9.66.